The molecular weight excluding hydrogens is 210 g/mol. The Balaban J connectivity index is 2.65. The highest BCUT2D eigenvalue weighted by atomic mass is 35.5. The molecule has 15 heavy (non-hydrogen) atoms. The van der Waals surface area contributed by atoms with Gasteiger partial charge in [0, 0.05) is 11.6 Å². The van der Waals surface area contributed by atoms with Crippen LogP contribution < -0.4 is 0 Å². The Morgan fingerprint density at radius 3 is 2.93 bits per heavy atom. The minimum atomic E-state index is 0.178. The molecule has 0 radical (unpaired) electrons. The summed E-state index contributed by atoms with van der Waals surface area (Å²) in [6.07, 6.45) is 3.85. The van der Waals surface area contributed by atoms with Gasteiger partial charge in [0.15, 0.2) is 0 Å². The summed E-state index contributed by atoms with van der Waals surface area (Å²) in [6, 6.07) is 5.25. The largest absolute Gasteiger partial charge is 0.506 e. The van der Waals surface area contributed by atoms with Crippen molar-refractivity contribution >= 4 is 22.5 Å². The highest BCUT2D eigenvalue weighted by molar-refractivity contribution is 6.35. The second-order valence-electron chi connectivity index (χ2n) is 3.56. The van der Waals surface area contributed by atoms with Crippen LogP contribution in [0.4, 0.5) is 0 Å². The molecule has 0 aliphatic carbocycles. The van der Waals surface area contributed by atoms with Crippen molar-refractivity contribution in [2.24, 2.45) is 0 Å². The summed E-state index contributed by atoms with van der Waals surface area (Å²) in [7, 11) is 0. The molecule has 78 valence electrons. The van der Waals surface area contributed by atoms with E-state index in [1.54, 1.807) is 18.3 Å². The molecule has 0 saturated carbocycles. The normalized spacial score (nSPS) is 10.8. The molecule has 0 bridgehead atoms. The maximum Gasteiger partial charge on any atom is 0.141 e. The summed E-state index contributed by atoms with van der Waals surface area (Å²) in [5.74, 6) is 0.178. The van der Waals surface area contributed by atoms with Crippen molar-refractivity contribution in [2.45, 2.75) is 19.8 Å². The first-order valence-corrected chi connectivity index (χ1v) is 5.36. The van der Waals surface area contributed by atoms with Crippen LogP contribution in [0.25, 0.3) is 10.9 Å². The van der Waals surface area contributed by atoms with Gasteiger partial charge >= 0.3 is 0 Å². The highest BCUT2D eigenvalue weighted by Gasteiger charge is 2.05. The van der Waals surface area contributed by atoms with Gasteiger partial charge in [-0.15, -0.1) is 0 Å². The van der Waals surface area contributed by atoms with E-state index >= 15 is 0 Å². The van der Waals surface area contributed by atoms with Crippen LogP contribution >= 0.6 is 11.6 Å². The van der Waals surface area contributed by atoms with Crippen molar-refractivity contribution in [3.05, 3.63) is 35.0 Å². The zero-order valence-corrected chi connectivity index (χ0v) is 9.25. The summed E-state index contributed by atoms with van der Waals surface area (Å²) < 4.78 is 0. The average molecular weight is 222 g/mol. The first kappa shape index (κ1) is 10.2. The first-order valence-electron chi connectivity index (χ1n) is 4.98. The molecule has 0 amide bonds. The summed E-state index contributed by atoms with van der Waals surface area (Å²) in [6.45, 7) is 2.12. The third-order valence-corrected chi connectivity index (χ3v) is 2.70. The predicted molar refractivity (Wildman–Crippen MR) is 62.4 cm³/mol. The van der Waals surface area contributed by atoms with Gasteiger partial charge < -0.3 is 5.11 Å². The lowest BCUT2D eigenvalue weighted by Gasteiger charge is -2.04. The van der Waals surface area contributed by atoms with Crippen molar-refractivity contribution in [3.8, 4) is 5.75 Å². The number of phenolic OH excluding ortho intramolecular Hbond substituents is 1. The lowest BCUT2D eigenvalue weighted by atomic mass is 10.1. The van der Waals surface area contributed by atoms with Gasteiger partial charge in [-0.3, -0.25) is 4.98 Å². The standard InChI is InChI=1S/C12H12ClNO/c1-2-3-8-6-9-10(13)4-5-11(15)12(9)14-7-8/h4-7,15H,2-3H2,1H3. The van der Waals surface area contributed by atoms with E-state index in [9.17, 15) is 5.11 Å². The quantitative estimate of drug-likeness (QED) is 0.842. The fourth-order valence-corrected chi connectivity index (χ4v) is 1.85. The highest BCUT2D eigenvalue weighted by Crippen LogP contribution is 2.29. The number of fused-ring (bicyclic) bond motifs is 1. The third kappa shape index (κ3) is 1.90. The number of hydrogen-bond acceptors (Lipinski definition) is 2. The van der Waals surface area contributed by atoms with Crippen LogP contribution in [0.3, 0.4) is 0 Å². The molecule has 0 spiro atoms. The minimum absolute atomic E-state index is 0.178. The van der Waals surface area contributed by atoms with Gasteiger partial charge in [-0.25, -0.2) is 0 Å². The van der Waals surface area contributed by atoms with Gasteiger partial charge in [-0.1, -0.05) is 24.9 Å². The number of aromatic hydroxyl groups is 1. The Hall–Kier alpha value is -1.28. The van der Waals surface area contributed by atoms with Crippen LogP contribution in [0, 0.1) is 0 Å². The number of pyridine rings is 1. The minimum Gasteiger partial charge on any atom is -0.506 e. The molecule has 1 heterocycles. The zero-order chi connectivity index (χ0) is 10.8. The second kappa shape index (κ2) is 4.07. The van der Waals surface area contributed by atoms with Crippen LogP contribution in [-0.4, -0.2) is 10.1 Å². The molecule has 1 N–H and O–H groups in total. The number of nitrogens with zero attached hydrogens (tertiary/aromatic N) is 1. The van der Waals surface area contributed by atoms with Crippen molar-refractivity contribution in [3.63, 3.8) is 0 Å². The number of aryl methyl sites for hydroxylation is 1. The lowest BCUT2D eigenvalue weighted by Crippen LogP contribution is -1.87. The van der Waals surface area contributed by atoms with E-state index in [2.05, 4.69) is 11.9 Å². The average Bonchev–Trinajstić information content (AvgIpc) is 2.24. The van der Waals surface area contributed by atoms with Crippen LogP contribution in [0.1, 0.15) is 18.9 Å². The van der Waals surface area contributed by atoms with E-state index < -0.39 is 0 Å². The second-order valence-corrected chi connectivity index (χ2v) is 3.96. The Kier molecular flexibility index (Phi) is 2.78. The van der Waals surface area contributed by atoms with Gasteiger partial charge in [0.05, 0.1) is 5.02 Å². The lowest BCUT2D eigenvalue weighted by molar-refractivity contribution is 0.480. The number of aromatic nitrogens is 1. The Morgan fingerprint density at radius 1 is 1.40 bits per heavy atom. The predicted octanol–water partition coefficient (Wildman–Crippen LogP) is 3.55. The van der Waals surface area contributed by atoms with Gasteiger partial charge in [0.25, 0.3) is 0 Å². The van der Waals surface area contributed by atoms with Gasteiger partial charge in [0.1, 0.15) is 11.3 Å². The SMILES string of the molecule is CCCc1cnc2c(O)ccc(Cl)c2c1. The van der Waals surface area contributed by atoms with E-state index in [1.165, 1.54) is 0 Å². The number of hydrogen-bond donors (Lipinski definition) is 1. The molecular formula is C12H12ClNO. The van der Waals surface area contributed by atoms with Gasteiger partial charge in [0.2, 0.25) is 0 Å². The Labute approximate surface area is 93.5 Å². The molecule has 0 atom stereocenters. The molecule has 3 heteroatoms. The van der Waals surface area contributed by atoms with E-state index in [0.717, 1.165) is 23.8 Å². The van der Waals surface area contributed by atoms with Crippen LogP contribution in [0.15, 0.2) is 24.4 Å². The molecule has 0 fully saturated rings. The molecule has 1 aromatic heterocycles. The Bertz CT molecular complexity index is 496. The zero-order valence-electron chi connectivity index (χ0n) is 8.50. The van der Waals surface area contributed by atoms with Crippen LogP contribution in [0.2, 0.25) is 5.02 Å². The summed E-state index contributed by atoms with van der Waals surface area (Å²) >= 11 is 6.05. The fraction of sp³-hybridized carbons (Fsp3) is 0.250. The molecule has 0 aliphatic rings. The third-order valence-electron chi connectivity index (χ3n) is 2.37. The molecule has 0 unspecified atom stereocenters. The van der Waals surface area contributed by atoms with Crippen molar-refractivity contribution < 1.29 is 5.11 Å². The topological polar surface area (TPSA) is 33.1 Å². The number of halogens is 1. The molecule has 2 aromatic rings. The Morgan fingerprint density at radius 2 is 2.20 bits per heavy atom. The first-order chi connectivity index (χ1) is 7.22. The summed E-state index contributed by atoms with van der Waals surface area (Å²) in [5.41, 5.74) is 1.72. The number of benzene rings is 1. The summed E-state index contributed by atoms with van der Waals surface area (Å²) in [5, 5.41) is 11.0. The van der Waals surface area contributed by atoms with Crippen molar-refractivity contribution in [2.75, 3.05) is 0 Å². The van der Waals surface area contributed by atoms with Crippen molar-refractivity contribution in [1.29, 1.82) is 0 Å². The maximum atomic E-state index is 9.60. The molecule has 1 aromatic carbocycles. The van der Waals surface area contributed by atoms with E-state index in [4.69, 9.17) is 11.6 Å². The summed E-state index contributed by atoms with van der Waals surface area (Å²) in [4.78, 5) is 4.23. The smallest absolute Gasteiger partial charge is 0.141 e. The van der Waals surface area contributed by atoms with Gasteiger partial charge in [-0.05, 0) is 30.2 Å². The van der Waals surface area contributed by atoms with Crippen LogP contribution in [-0.2, 0) is 6.42 Å². The molecule has 0 aliphatic heterocycles. The number of phenols is 1. The van der Waals surface area contributed by atoms with E-state index in [1.807, 2.05) is 6.07 Å². The number of rotatable bonds is 2. The van der Waals surface area contributed by atoms with E-state index in [-0.39, 0.29) is 5.75 Å². The molecule has 2 nitrogen and oxygen atoms in total. The monoisotopic (exact) mass is 221 g/mol. The van der Waals surface area contributed by atoms with E-state index in [0.29, 0.717) is 10.5 Å². The van der Waals surface area contributed by atoms with Gasteiger partial charge in [-0.2, -0.15) is 0 Å². The molecule has 0 saturated heterocycles. The molecule has 2 rings (SSSR count). The van der Waals surface area contributed by atoms with Crippen LogP contribution in [0.5, 0.6) is 5.75 Å². The van der Waals surface area contributed by atoms with Crippen molar-refractivity contribution in [1.82, 2.24) is 4.98 Å². The maximum absolute atomic E-state index is 9.60. The fourth-order valence-electron chi connectivity index (χ4n) is 1.64.